The van der Waals surface area contributed by atoms with Gasteiger partial charge in [0, 0.05) is 12.1 Å². The Morgan fingerprint density at radius 1 is 1.08 bits per heavy atom. The Morgan fingerprint density at radius 3 is 2.56 bits per heavy atom. The first-order valence-electron chi connectivity index (χ1n) is 8.53. The molecule has 1 N–H and O–H groups in total. The summed E-state index contributed by atoms with van der Waals surface area (Å²) in [6.07, 6.45) is -0.382. The molecule has 0 saturated carbocycles. The van der Waals surface area contributed by atoms with Crippen LogP contribution in [0.1, 0.15) is 23.7 Å². The average Bonchev–Trinajstić information content (AvgIpc) is 2.64. The second-order valence-electron chi connectivity index (χ2n) is 6.36. The molecule has 0 bridgehead atoms. The van der Waals surface area contributed by atoms with Crippen molar-refractivity contribution in [1.29, 1.82) is 0 Å². The summed E-state index contributed by atoms with van der Waals surface area (Å²) in [6.45, 7) is 1.51. The van der Waals surface area contributed by atoms with Crippen molar-refractivity contribution in [3.63, 3.8) is 0 Å². The van der Waals surface area contributed by atoms with E-state index < -0.39 is 6.29 Å². The molecule has 1 amide bonds. The molecule has 1 aliphatic heterocycles. The maximum absolute atomic E-state index is 12.5. The maximum atomic E-state index is 12.5. The van der Waals surface area contributed by atoms with Gasteiger partial charge in [0.2, 0.25) is 0 Å². The Bertz CT molecular complexity index is 703. The molecule has 0 saturated heterocycles. The molecule has 0 radical (unpaired) electrons. The molecule has 0 aromatic heterocycles. The number of amides is 1. The third kappa shape index (κ3) is 4.38. The Labute approximate surface area is 148 Å². The molecule has 5 nitrogen and oxygen atoms in total. The molecular weight excluding hydrogens is 316 g/mol. The molecule has 0 aliphatic carbocycles. The van der Waals surface area contributed by atoms with Crippen molar-refractivity contribution < 1.29 is 14.3 Å². The highest BCUT2D eigenvalue weighted by atomic mass is 16.7. The van der Waals surface area contributed by atoms with Crippen LogP contribution in [0.5, 0.6) is 5.75 Å². The van der Waals surface area contributed by atoms with E-state index in [4.69, 9.17) is 9.47 Å². The minimum atomic E-state index is -0.945. The van der Waals surface area contributed by atoms with E-state index in [1.54, 1.807) is 0 Å². The lowest BCUT2D eigenvalue weighted by Gasteiger charge is -2.32. The number of hydrogen-bond donors (Lipinski definition) is 1. The first-order valence-corrected chi connectivity index (χ1v) is 8.53. The van der Waals surface area contributed by atoms with E-state index in [1.165, 1.54) is 0 Å². The van der Waals surface area contributed by atoms with Gasteiger partial charge in [-0.15, -0.1) is 0 Å². The zero-order valence-corrected chi connectivity index (χ0v) is 14.6. The summed E-state index contributed by atoms with van der Waals surface area (Å²) in [7, 11) is 4.02. The van der Waals surface area contributed by atoms with Crippen LogP contribution in [-0.4, -0.2) is 44.3 Å². The summed E-state index contributed by atoms with van der Waals surface area (Å²) >= 11 is 0. The second kappa shape index (κ2) is 8.14. The van der Waals surface area contributed by atoms with Gasteiger partial charge in [0.15, 0.2) is 0 Å². The van der Waals surface area contributed by atoms with E-state index in [0.29, 0.717) is 12.3 Å². The Hall–Kier alpha value is -2.37. The minimum absolute atomic E-state index is 0.241. The van der Waals surface area contributed by atoms with Crippen LogP contribution in [0.3, 0.4) is 0 Å². The van der Waals surface area contributed by atoms with Crippen molar-refractivity contribution in [3.05, 3.63) is 65.7 Å². The quantitative estimate of drug-likeness (QED) is 0.821. The van der Waals surface area contributed by atoms with E-state index in [-0.39, 0.29) is 12.0 Å². The molecule has 0 unspecified atom stereocenters. The van der Waals surface area contributed by atoms with Crippen molar-refractivity contribution in [3.8, 4) is 5.75 Å². The molecular formula is C20H24N2O3. The standard InChI is InChI=1S/C20H24N2O3/c1-22(2)14-8-13-21-19(23)20-24-17-12-7-6-11-16(17)18(25-20)15-9-4-3-5-10-15/h3-7,9-12,18,20H,8,13-14H2,1-2H3,(H,21,23)/t18-,20-/m0/s1. The lowest BCUT2D eigenvalue weighted by atomic mass is 9.99. The normalized spacial score (nSPS) is 19.2. The SMILES string of the molecule is CN(C)CCCNC(=O)[C@H]1Oc2ccccc2[C@H](c2ccccc2)O1. The van der Waals surface area contributed by atoms with E-state index in [1.807, 2.05) is 68.7 Å². The molecule has 0 spiro atoms. The first kappa shape index (κ1) is 17.5. The van der Waals surface area contributed by atoms with Gasteiger partial charge in [0.25, 0.3) is 12.2 Å². The highest BCUT2D eigenvalue weighted by Gasteiger charge is 2.33. The van der Waals surface area contributed by atoms with Crippen LogP contribution < -0.4 is 10.1 Å². The number of nitrogens with one attached hydrogen (secondary N) is 1. The topological polar surface area (TPSA) is 50.8 Å². The number of para-hydroxylation sites is 1. The summed E-state index contributed by atoms with van der Waals surface area (Å²) in [6, 6.07) is 17.6. The van der Waals surface area contributed by atoms with Crippen LogP contribution in [0, 0.1) is 0 Å². The molecule has 3 rings (SSSR count). The zero-order valence-electron chi connectivity index (χ0n) is 14.6. The van der Waals surface area contributed by atoms with Crippen molar-refractivity contribution in [2.75, 3.05) is 27.2 Å². The van der Waals surface area contributed by atoms with Crippen LogP contribution in [0.4, 0.5) is 0 Å². The van der Waals surface area contributed by atoms with Crippen molar-refractivity contribution in [1.82, 2.24) is 10.2 Å². The number of rotatable bonds is 6. The first-order chi connectivity index (χ1) is 12.1. The van der Waals surface area contributed by atoms with Gasteiger partial charge in [-0.3, -0.25) is 4.79 Å². The highest BCUT2D eigenvalue weighted by Crippen LogP contribution is 2.38. The number of fused-ring (bicyclic) bond motifs is 1. The Morgan fingerprint density at radius 2 is 1.80 bits per heavy atom. The maximum Gasteiger partial charge on any atom is 0.289 e. The third-order valence-electron chi connectivity index (χ3n) is 4.09. The number of benzene rings is 2. The van der Waals surface area contributed by atoms with Crippen molar-refractivity contribution in [2.24, 2.45) is 0 Å². The van der Waals surface area contributed by atoms with E-state index in [0.717, 1.165) is 24.1 Å². The lowest BCUT2D eigenvalue weighted by Crippen LogP contribution is -2.43. The predicted molar refractivity (Wildman–Crippen MR) is 96.4 cm³/mol. The summed E-state index contributed by atoms with van der Waals surface area (Å²) in [5.41, 5.74) is 1.94. The lowest BCUT2D eigenvalue weighted by molar-refractivity contribution is -0.165. The summed E-state index contributed by atoms with van der Waals surface area (Å²) < 4.78 is 11.8. The summed E-state index contributed by atoms with van der Waals surface area (Å²) in [5.74, 6) is 0.449. The molecule has 2 aromatic rings. The van der Waals surface area contributed by atoms with Gasteiger partial charge >= 0.3 is 0 Å². The predicted octanol–water partition coefficient (Wildman–Crippen LogP) is 2.58. The van der Waals surface area contributed by atoms with Crippen LogP contribution in [0.25, 0.3) is 0 Å². The van der Waals surface area contributed by atoms with Crippen molar-refractivity contribution in [2.45, 2.75) is 18.8 Å². The van der Waals surface area contributed by atoms with Crippen LogP contribution in [0.2, 0.25) is 0 Å². The molecule has 25 heavy (non-hydrogen) atoms. The number of carbonyl (C=O) groups excluding carboxylic acids is 1. The van der Waals surface area contributed by atoms with E-state index in [9.17, 15) is 4.79 Å². The monoisotopic (exact) mass is 340 g/mol. The fourth-order valence-corrected chi connectivity index (χ4v) is 2.84. The van der Waals surface area contributed by atoms with Gasteiger partial charge in [-0.25, -0.2) is 0 Å². The Balaban J connectivity index is 1.72. The van der Waals surface area contributed by atoms with Crippen LogP contribution >= 0.6 is 0 Å². The van der Waals surface area contributed by atoms with Crippen LogP contribution in [-0.2, 0) is 9.53 Å². The number of nitrogens with zero attached hydrogens (tertiary/aromatic N) is 1. The van der Waals surface area contributed by atoms with Crippen molar-refractivity contribution >= 4 is 5.91 Å². The second-order valence-corrected chi connectivity index (χ2v) is 6.36. The average molecular weight is 340 g/mol. The van der Waals surface area contributed by atoms with Crippen LogP contribution in [0.15, 0.2) is 54.6 Å². The molecule has 1 aliphatic rings. The largest absolute Gasteiger partial charge is 0.455 e. The highest BCUT2D eigenvalue weighted by molar-refractivity contribution is 5.80. The van der Waals surface area contributed by atoms with Gasteiger partial charge < -0.3 is 19.7 Å². The fraction of sp³-hybridized carbons (Fsp3) is 0.350. The molecule has 132 valence electrons. The summed E-state index contributed by atoms with van der Waals surface area (Å²) in [5, 5.41) is 2.89. The molecule has 2 atom stereocenters. The molecule has 5 heteroatoms. The van der Waals surface area contributed by atoms with Gasteiger partial charge in [-0.1, -0.05) is 48.5 Å². The fourth-order valence-electron chi connectivity index (χ4n) is 2.84. The van der Waals surface area contributed by atoms with E-state index >= 15 is 0 Å². The summed E-state index contributed by atoms with van der Waals surface area (Å²) in [4.78, 5) is 14.5. The molecule has 0 fully saturated rings. The smallest absolute Gasteiger partial charge is 0.289 e. The molecule has 2 aromatic carbocycles. The zero-order chi connectivity index (χ0) is 17.6. The third-order valence-corrected chi connectivity index (χ3v) is 4.09. The number of hydrogen-bond acceptors (Lipinski definition) is 4. The Kier molecular flexibility index (Phi) is 5.68. The van der Waals surface area contributed by atoms with Gasteiger partial charge in [-0.05, 0) is 38.7 Å². The number of ether oxygens (including phenoxy) is 2. The van der Waals surface area contributed by atoms with E-state index in [2.05, 4.69) is 10.2 Å². The number of carbonyl (C=O) groups is 1. The van der Waals surface area contributed by atoms with Gasteiger partial charge in [-0.2, -0.15) is 0 Å². The van der Waals surface area contributed by atoms with Gasteiger partial charge in [0.05, 0.1) is 0 Å². The molecule has 1 heterocycles. The van der Waals surface area contributed by atoms with Gasteiger partial charge in [0.1, 0.15) is 11.9 Å². The minimum Gasteiger partial charge on any atom is -0.455 e.